The lowest BCUT2D eigenvalue weighted by atomic mass is 9.40. The van der Waals surface area contributed by atoms with Crippen LogP contribution in [-0.4, -0.2) is 38.1 Å². The normalized spacial score (nSPS) is 55.7. The van der Waals surface area contributed by atoms with Crippen LogP contribution < -0.4 is 0 Å². The number of hydrogen-bond donors (Lipinski definition) is 3. The third-order valence-electron chi connectivity index (χ3n) is 10.6. The number of fused-ring (bicyclic) bond motifs is 5. The molecular weight excluding hydrogens is 475 g/mol. The average molecular weight is 519 g/mol. The highest BCUT2D eigenvalue weighted by molar-refractivity contribution is 14.1. The highest BCUT2D eigenvalue weighted by Crippen LogP contribution is 2.69. The van der Waals surface area contributed by atoms with Gasteiger partial charge in [0.1, 0.15) is 0 Å². The first-order valence-corrected chi connectivity index (χ1v) is 13.8. The van der Waals surface area contributed by atoms with Crippen LogP contribution >= 0.6 is 22.6 Å². The topological polar surface area (TPSA) is 60.7 Å². The summed E-state index contributed by atoms with van der Waals surface area (Å²) in [7, 11) is 0. The van der Waals surface area contributed by atoms with Crippen LogP contribution in [0, 0.1) is 52.3 Å². The molecule has 168 valence electrons. The van der Waals surface area contributed by atoms with Gasteiger partial charge >= 0.3 is 0 Å². The Labute approximate surface area is 191 Å². The van der Waals surface area contributed by atoms with E-state index >= 15 is 0 Å². The van der Waals surface area contributed by atoms with E-state index < -0.39 is 0 Å². The zero-order chi connectivity index (χ0) is 21.1. The molecule has 0 aliphatic heterocycles. The Kier molecular flexibility index (Phi) is 6.44. The van der Waals surface area contributed by atoms with E-state index in [2.05, 4.69) is 50.3 Å². The summed E-state index contributed by atoms with van der Waals surface area (Å²) in [6.07, 6.45) is 7.40. The van der Waals surface area contributed by atoms with Gasteiger partial charge in [-0.3, -0.25) is 0 Å². The Morgan fingerprint density at radius 3 is 2.41 bits per heavy atom. The lowest BCUT2D eigenvalue weighted by Gasteiger charge is -2.66. The predicted octanol–water partition coefficient (Wildman–Crippen LogP) is 5.05. The molecule has 0 saturated heterocycles. The molecule has 4 aliphatic carbocycles. The van der Waals surface area contributed by atoms with Gasteiger partial charge in [-0.2, -0.15) is 0 Å². The van der Waals surface area contributed by atoms with Gasteiger partial charge in [0.25, 0.3) is 0 Å². The molecule has 4 saturated carbocycles. The van der Waals surface area contributed by atoms with E-state index in [-0.39, 0.29) is 46.9 Å². The summed E-state index contributed by atoms with van der Waals surface area (Å²) in [5.41, 5.74) is 0.207. The molecule has 0 radical (unpaired) electrons. The summed E-state index contributed by atoms with van der Waals surface area (Å²) in [5.74, 6) is 2.91. The van der Waals surface area contributed by atoms with Crippen LogP contribution in [0.15, 0.2) is 0 Å². The lowest BCUT2D eigenvalue weighted by molar-refractivity contribution is -0.235. The molecular formula is C25H43IO3. The fourth-order valence-corrected chi connectivity index (χ4v) is 10.4. The lowest BCUT2D eigenvalue weighted by Crippen LogP contribution is -2.65. The zero-order valence-electron chi connectivity index (χ0n) is 18.9. The molecule has 0 bridgehead atoms. The molecule has 3 nitrogen and oxygen atoms in total. The first-order chi connectivity index (χ1) is 13.7. The molecule has 4 aliphatic rings. The van der Waals surface area contributed by atoms with E-state index in [4.69, 9.17) is 0 Å². The van der Waals surface area contributed by atoms with Crippen LogP contribution in [0.1, 0.15) is 79.1 Å². The van der Waals surface area contributed by atoms with Gasteiger partial charge in [0.2, 0.25) is 0 Å². The molecule has 0 spiro atoms. The summed E-state index contributed by atoms with van der Waals surface area (Å²) in [6, 6.07) is 0. The third kappa shape index (κ3) is 3.36. The fraction of sp³-hybridized carbons (Fsp3) is 1.00. The molecule has 29 heavy (non-hydrogen) atoms. The molecule has 4 rings (SSSR count). The molecule has 0 aromatic rings. The van der Waals surface area contributed by atoms with Crippen molar-refractivity contribution in [3.63, 3.8) is 0 Å². The molecule has 5 unspecified atom stereocenters. The second-order valence-electron chi connectivity index (χ2n) is 11.7. The van der Waals surface area contributed by atoms with Crippen LogP contribution in [0.2, 0.25) is 0 Å². The number of rotatable bonds is 4. The summed E-state index contributed by atoms with van der Waals surface area (Å²) < 4.78 is 1.20. The van der Waals surface area contributed by atoms with Gasteiger partial charge in [0.05, 0.1) is 18.3 Å². The second-order valence-corrected chi connectivity index (χ2v) is 12.8. The predicted molar refractivity (Wildman–Crippen MR) is 126 cm³/mol. The van der Waals surface area contributed by atoms with E-state index in [1.54, 1.807) is 0 Å². The SMILES string of the molecule is CC[C@H]1C(O)C2C3CC[C@H]([C@H](C)CCI)[C@@]3(C)CC(O)C2[C@@]2(C)CC[C@@H](O)C[C@@H]12. The Balaban J connectivity index is 1.72. The van der Waals surface area contributed by atoms with Crippen molar-refractivity contribution in [3.8, 4) is 0 Å². The first kappa shape index (κ1) is 22.8. The second kappa shape index (κ2) is 8.19. The fourth-order valence-electron chi connectivity index (χ4n) is 9.42. The highest BCUT2D eigenvalue weighted by atomic mass is 127. The van der Waals surface area contributed by atoms with Gasteiger partial charge in [-0.05, 0) is 102 Å². The van der Waals surface area contributed by atoms with Gasteiger partial charge in [-0.1, -0.05) is 56.7 Å². The quantitative estimate of drug-likeness (QED) is 0.361. The van der Waals surface area contributed by atoms with Crippen molar-refractivity contribution in [2.75, 3.05) is 4.43 Å². The van der Waals surface area contributed by atoms with E-state index in [0.29, 0.717) is 23.7 Å². The minimum absolute atomic E-state index is 0.0520. The molecule has 4 heteroatoms. The Morgan fingerprint density at radius 1 is 1.03 bits per heavy atom. The van der Waals surface area contributed by atoms with Gasteiger partial charge < -0.3 is 15.3 Å². The molecule has 0 aromatic carbocycles. The minimum Gasteiger partial charge on any atom is -0.393 e. The molecule has 3 N–H and O–H groups in total. The van der Waals surface area contributed by atoms with Crippen molar-refractivity contribution in [1.82, 2.24) is 0 Å². The number of aliphatic hydroxyl groups is 3. The van der Waals surface area contributed by atoms with Crippen molar-refractivity contribution in [2.45, 2.75) is 97.4 Å². The maximum absolute atomic E-state index is 11.7. The van der Waals surface area contributed by atoms with E-state index in [0.717, 1.165) is 32.1 Å². The number of hydrogen-bond acceptors (Lipinski definition) is 3. The number of aliphatic hydroxyl groups excluding tert-OH is 3. The summed E-state index contributed by atoms with van der Waals surface area (Å²) in [6.45, 7) is 9.48. The standard InChI is InChI=1S/C25H43IO3/c1-5-16-19-12-15(27)8-10-24(19,3)22-20(28)13-25(4)17(14(2)9-11-26)6-7-18(25)21(22)23(16)29/h14-23,27-29H,5-13H2,1-4H3/t14-,15-,16-,17-,18?,19+,20?,21?,22?,23?,24+,25-/m1/s1. The molecule has 0 amide bonds. The molecule has 4 fully saturated rings. The van der Waals surface area contributed by atoms with Crippen molar-refractivity contribution in [3.05, 3.63) is 0 Å². The van der Waals surface area contributed by atoms with Crippen molar-refractivity contribution >= 4 is 22.6 Å². The molecule has 0 aromatic heterocycles. The van der Waals surface area contributed by atoms with Gasteiger partial charge in [-0.15, -0.1) is 0 Å². The Hall–Kier alpha value is 0.610. The van der Waals surface area contributed by atoms with Crippen LogP contribution in [0.4, 0.5) is 0 Å². The maximum Gasteiger partial charge on any atom is 0.0605 e. The third-order valence-corrected chi connectivity index (χ3v) is 11.3. The van der Waals surface area contributed by atoms with Gasteiger partial charge in [-0.25, -0.2) is 0 Å². The van der Waals surface area contributed by atoms with Crippen molar-refractivity contribution in [1.29, 1.82) is 0 Å². The maximum atomic E-state index is 11.7. The number of alkyl halides is 1. The monoisotopic (exact) mass is 518 g/mol. The molecule has 12 atom stereocenters. The smallest absolute Gasteiger partial charge is 0.0605 e. The van der Waals surface area contributed by atoms with E-state index in [9.17, 15) is 15.3 Å². The average Bonchev–Trinajstić information content (AvgIpc) is 3.00. The van der Waals surface area contributed by atoms with Crippen LogP contribution in [0.25, 0.3) is 0 Å². The Morgan fingerprint density at radius 2 is 1.76 bits per heavy atom. The Bertz CT molecular complexity index is 599. The van der Waals surface area contributed by atoms with Crippen LogP contribution in [-0.2, 0) is 0 Å². The minimum atomic E-state index is -0.328. The first-order valence-electron chi connectivity index (χ1n) is 12.3. The van der Waals surface area contributed by atoms with Crippen LogP contribution in [0.3, 0.4) is 0 Å². The van der Waals surface area contributed by atoms with Crippen LogP contribution in [0.5, 0.6) is 0 Å². The summed E-state index contributed by atoms with van der Waals surface area (Å²) in [5, 5.41) is 33.8. The summed E-state index contributed by atoms with van der Waals surface area (Å²) in [4.78, 5) is 0. The van der Waals surface area contributed by atoms with Crippen molar-refractivity contribution in [2.24, 2.45) is 52.3 Å². The highest BCUT2D eigenvalue weighted by Gasteiger charge is 2.67. The molecule has 0 heterocycles. The van der Waals surface area contributed by atoms with Crippen molar-refractivity contribution < 1.29 is 15.3 Å². The zero-order valence-corrected chi connectivity index (χ0v) is 21.0. The number of halogens is 1. The van der Waals surface area contributed by atoms with E-state index in [1.807, 2.05) is 0 Å². The summed E-state index contributed by atoms with van der Waals surface area (Å²) >= 11 is 2.50. The van der Waals surface area contributed by atoms with Gasteiger partial charge in [0.15, 0.2) is 0 Å². The van der Waals surface area contributed by atoms with Gasteiger partial charge in [0, 0.05) is 0 Å². The largest absolute Gasteiger partial charge is 0.393 e. The van der Waals surface area contributed by atoms with E-state index in [1.165, 1.54) is 23.7 Å².